The van der Waals surface area contributed by atoms with Crippen LogP contribution in [0.25, 0.3) is 21.6 Å². The molecule has 0 saturated carbocycles. The third-order valence-corrected chi connectivity index (χ3v) is 2.96. The first-order chi connectivity index (χ1) is 6.78. The fraction of sp³-hybridized carbons (Fsp3) is 0. The Hall–Kier alpha value is 0.1000. The summed E-state index contributed by atoms with van der Waals surface area (Å²) in [6.07, 6.45) is 0. The van der Waals surface area contributed by atoms with Crippen molar-refractivity contribution in [3.05, 3.63) is 33.0 Å². The molecule has 0 aromatic heterocycles. The molecule has 0 heterocycles. The molecular weight excluding hydrogens is 248 g/mol. The molecule has 74 valence electrons. The van der Waals surface area contributed by atoms with Crippen LogP contribution >= 0.6 is 50.5 Å². The van der Waals surface area contributed by atoms with Gasteiger partial charge in [-0.25, -0.2) is 0 Å². The zero-order chi connectivity index (χ0) is 10.6. The molecule has 0 N–H and O–H groups in total. The highest BCUT2D eigenvalue weighted by molar-refractivity contribution is 7.89. The number of hydrogen-bond acceptors (Lipinski definition) is 4. The fourth-order valence-corrected chi connectivity index (χ4v) is 2.21. The highest BCUT2D eigenvalue weighted by Crippen LogP contribution is 1.75. The molecule has 0 bridgehead atoms. The minimum Gasteiger partial charge on any atom is -0.151 e. The lowest BCUT2D eigenvalue weighted by molar-refractivity contribution is 1.42. The van der Waals surface area contributed by atoms with Crippen LogP contribution in [0.1, 0.15) is 0 Å². The Balaban J connectivity index is 4.05. The maximum Gasteiger partial charge on any atom is -0.00345 e. The lowest BCUT2D eigenvalue weighted by Gasteiger charge is -1.92. The van der Waals surface area contributed by atoms with Crippen LogP contribution in [0, 0.1) is 0 Å². The highest BCUT2D eigenvalue weighted by Gasteiger charge is 1.89. The maximum atomic E-state index is 4.17. The SMILES string of the molecule is S/C=c1ccc(=C\S)/c(=C\S)c/1=C\S. The van der Waals surface area contributed by atoms with Crippen LogP contribution in [0.4, 0.5) is 0 Å². The molecule has 0 unspecified atom stereocenters. The Morgan fingerprint density at radius 2 is 1.00 bits per heavy atom. The topological polar surface area (TPSA) is 0 Å². The predicted molar refractivity (Wildman–Crippen MR) is 78.7 cm³/mol. The van der Waals surface area contributed by atoms with Crippen LogP contribution in [0.5, 0.6) is 0 Å². The highest BCUT2D eigenvalue weighted by atomic mass is 32.1. The van der Waals surface area contributed by atoms with Crippen molar-refractivity contribution < 1.29 is 0 Å². The molecule has 0 spiro atoms. The average Bonchev–Trinajstić information content (AvgIpc) is 2.26. The van der Waals surface area contributed by atoms with Crippen molar-refractivity contribution in [1.82, 2.24) is 0 Å². The Morgan fingerprint density at radius 1 is 0.643 bits per heavy atom. The summed E-state index contributed by atoms with van der Waals surface area (Å²) < 4.78 is 0. The molecule has 0 nitrogen and oxygen atoms in total. The van der Waals surface area contributed by atoms with E-state index in [0.717, 1.165) is 20.9 Å². The lowest BCUT2D eigenvalue weighted by atomic mass is 10.2. The van der Waals surface area contributed by atoms with E-state index in [0.29, 0.717) is 0 Å². The van der Waals surface area contributed by atoms with Crippen LogP contribution in [0.2, 0.25) is 0 Å². The van der Waals surface area contributed by atoms with E-state index in [9.17, 15) is 0 Å². The Morgan fingerprint density at radius 3 is 1.21 bits per heavy atom. The van der Waals surface area contributed by atoms with Gasteiger partial charge in [-0.3, -0.25) is 0 Å². The second-order valence-electron chi connectivity index (χ2n) is 2.59. The van der Waals surface area contributed by atoms with Crippen LogP contribution in [-0.4, -0.2) is 0 Å². The van der Waals surface area contributed by atoms with Crippen molar-refractivity contribution >= 4 is 72.1 Å². The molecule has 0 aliphatic carbocycles. The molecule has 1 rings (SSSR count). The third kappa shape index (κ3) is 2.37. The summed E-state index contributed by atoms with van der Waals surface area (Å²) in [7, 11) is 0. The van der Waals surface area contributed by atoms with Gasteiger partial charge >= 0.3 is 0 Å². The van der Waals surface area contributed by atoms with E-state index >= 15 is 0 Å². The van der Waals surface area contributed by atoms with Gasteiger partial charge in [-0.05, 0) is 42.5 Å². The molecule has 4 heteroatoms. The van der Waals surface area contributed by atoms with Gasteiger partial charge in [-0.2, -0.15) is 50.5 Å². The molecule has 0 atom stereocenters. The Labute approximate surface area is 105 Å². The second kappa shape index (κ2) is 5.85. The van der Waals surface area contributed by atoms with Crippen molar-refractivity contribution in [1.29, 1.82) is 0 Å². The first kappa shape index (κ1) is 12.2. The molecule has 0 radical (unpaired) electrons. The van der Waals surface area contributed by atoms with E-state index in [4.69, 9.17) is 0 Å². The van der Waals surface area contributed by atoms with Crippen molar-refractivity contribution in [2.45, 2.75) is 0 Å². The van der Waals surface area contributed by atoms with E-state index in [1.54, 1.807) is 21.6 Å². The number of benzene rings is 1. The zero-order valence-corrected chi connectivity index (χ0v) is 10.8. The van der Waals surface area contributed by atoms with Gasteiger partial charge in [-0.1, -0.05) is 12.1 Å². The molecule has 0 aliphatic heterocycles. The van der Waals surface area contributed by atoms with Crippen molar-refractivity contribution in [2.75, 3.05) is 0 Å². The second-order valence-corrected chi connectivity index (χ2v) is 3.62. The molecule has 0 amide bonds. The Bertz CT molecular complexity index is 492. The van der Waals surface area contributed by atoms with E-state index < -0.39 is 0 Å². The molecule has 14 heavy (non-hydrogen) atoms. The van der Waals surface area contributed by atoms with Gasteiger partial charge in [0.2, 0.25) is 0 Å². The fourth-order valence-electron chi connectivity index (χ4n) is 1.18. The first-order valence-electron chi connectivity index (χ1n) is 3.85. The van der Waals surface area contributed by atoms with Gasteiger partial charge < -0.3 is 0 Å². The third-order valence-electron chi connectivity index (χ3n) is 1.89. The minimum absolute atomic E-state index is 1.00. The molecule has 0 aliphatic rings. The summed E-state index contributed by atoms with van der Waals surface area (Å²) in [5, 5.41) is 11.0. The van der Waals surface area contributed by atoms with Crippen molar-refractivity contribution in [3.63, 3.8) is 0 Å². The summed E-state index contributed by atoms with van der Waals surface area (Å²) in [5.74, 6) is 0. The summed E-state index contributed by atoms with van der Waals surface area (Å²) >= 11 is 16.6. The number of thiol groups is 4. The largest absolute Gasteiger partial charge is 0.151 e. The maximum absolute atomic E-state index is 4.17. The van der Waals surface area contributed by atoms with E-state index in [2.05, 4.69) is 50.5 Å². The summed E-state index contributed by atoms with van der Waals surface area (Å²) in [6, 6.07) is 3.94. The standard InChI is InChI=1S/C10H10S4/c11-3-7-1-2-8(4-12)10(6-14)9(7)5-13/h1-6,11-14H/b7-3-,8-4+,9-5-,10-6+. The smallest absolute Gasteiger partial charge is 0.00345 e. The van der Waals surface area contributed by atoms with E-state index in [1.807, 2.05) is 12.1 Å². The van der Waals surface area contributed by atoms with Gasteiger partial charge in [-0.15, -0.1) is 0 Å². The predicted octanol–water partition coefficient (Wildman–Crippen LogP) is 0.358. The number of rotatable bonds is 0. The molecule has 1 aromatic rings. The van der Waals surface area contributed by atoms with Crippen LogP contribution in [-0.2, 0) is 0 Å². The molecule has 0 fully saturated rings. The summed E-state index contributed by atoms with van der Waals surface area (Å²) in [5.41, 5.74) is 0. The van der Waals surface area contributed by atoms with Crippen molar-refractivity contribution in [2.24, 2.45) is 0 Å². The molecule has 0 saturated heterocycles. The van der Waals surface area contributed by atoms with Gasteiger partial charge in [0.25, 0.3) is 0 Å². The van der Waals surface area contributed by atoms with Crippen molar-refractivity contribution in [3.8, 4) is 0 Å². The lowest BCUT2D eigenvalue weighted by Crippen LogP contribution is -2.46. The van der Waals surface area contributed by atoms with Gasteiger partial charge in [0.05, 0.1) is 0 Å². The first-order valence-corrected chi connectivity index (χ1v) is 5.91. The quantitative estimate of drug-likeness (QED) is 0.475. The monoisotopic (exact) mass is 258 g/mol. The van der Waals surface area contributed by atoms with Gasteiger partial charge in [0, 0.05) is 0 Å². The average molecular weight is 258 g/mol. The zero-order valence-electron chi connectivity index (χ0n) is 7.25. The van der Waals surface area contributed by atoms with E-state index in [1.165, 1.54) is 0 Å². The number of hydrogen-bond donors (Lipinski definition) is 4. The minimum atomic E-state index is 1.00. The summed E-state index contributed by atoms with van der Waals surface area (Å²) in [6.45, 7) is 0. The molecular formula is C10H10S4. The Kier molecular flexibility index (Phi) is 5.09. The molecule has 1 aromatic carbocycles. The van der Waals surface area contributed by atoms with Crippen LogP contribution in [0.3, 0.4) is 0 Å². The van der Waals surface area contributed by atoms with Crippen LogP contribution in [0.15, 0.2) is 12.1 Å². The normalized spacial score (nSPS) is 16.9. The van der Waals surface area contributed by atoms with Gasteiger partial charge in [0.1, 0.15) is 0 Å². The summed E-state index contributed by atoms with van der Waals surface area (Å²) in [4.78, 5) is 0. The van der Waals surface area contributed by atoms with Gasteiger partial charge in [0.15, 0.2) is 0 Å². The van der Waals surface area contributed by atoms with E-state index in [-0.39, 0.29) is 0 Å². The van der Waals surface area contributed by atoms with Crippen LogP contribution < -0.4 is 20.9 Å².